The Bertz CT molecular complexity index is 688. The first-order valence-electron chi connectivity index (χ1n) is 5.51. The van der Waals surface area contributed by atoms with Gasteiger partial charge in [0.05, 0.1) is 10.7 Å². The highest BCUT2D eigenvalue weighted by Crippen LogP contribution is 2.32. The Balaban J connectivity index is 2.18. The lowest BCUT2D eigenvalue weighted by Gasteiger charge is -2.11. The van der Waals surface area contributed by atoms with Crippen molar-refractivity contribution in [2.24, 2.45) is 0 Å². The molecule has 90 valence electrons. The number of rotatable bonds is 2. The van der Waals surface area contributed by atoms with Crippen molar-refractivity contribution in [3.63, 3.8) is 0 Å². The molecule has 1 N–H and O–H groups in total. The van der Waals surface area contributed by atoms with Gasteiger partial charge in [0.1, 0.15) is 6.10 Å². The summed E-state index contributed by atoms with van der Waals surface area (Å²) in [7, 11) is 0. The largest absolute Gasteiger partial charge is 0.465 e. The van der Waals surface area contributed by atoms with Crippen LogP contribution in [-0.4, -0.2) is 10.1 Å². The Kier molecular flexibility index (Phi) is 2.89. The smallest absolute Gasteiger partial charge is 0.150 e. The summed E-state index contributed by atoms with van der Waals surface area (Å²) in [6.07, 6.45) is 4.24. The van der Waals surface area contributed by atoms with E-state index in [4.69, 9.17) is 4.42 Å². The van der Waals surface area contributed by atoms with Gasteiger partial charge in [-0.25, -0.2) is 0 Å². The predicted octanol–water partition coefficient (Wildman–Crippen LogP) is 3.67. The molecule has 2 aromatic heterocycles. The van der Waals surface area contributed by atoms with Gasteiger partial charge in [-0.3, -0.25) is 4.98 Å². The van der Waals surface area contributed by atoms with E-state index in [1.807, 2.05) is 24.3 Å². The molecule has 1 aromatic carbocycles. The second kappa shape index (κ2) is 4.55. The van der Waals surface area contributed by atoms with E-state index in [-0.39, 0.29) is 0 Å². The second-order valence-electron chi connectivity index (χ2n) is 3.98. The van der Waals surface area contributed by atoms with Crippen molar-refractivity contribution in [2.75, 3.05) is 0 Å². The topological polar surface area (TPSA) is 46.3 Å². The number of aromatic nitrogens is 1. The third-order valence-electron chi connectivity index (χ3n) is 2.91. The van der Waals surface area contributed by atoms with Gasteiger partial charge in [-0.2, -0.15) is 0 Å². The van der Waals surface area contributed by atoms with Crippen molar-refractivity contribution in [3.8, 4) is 0 Å². The van der Waals surface area contributed by atoms with Crippen LogP contribution in [0.4, 0.5) is 0 Å². The van der Waals surface area contributed by atoms with Crippen LogP contribution in [0, 0.1) is 0 Å². The maximum absolute atomic E-state index is 10.4. The van der Waals surface area contributed by atoms with Gasteiger partial charge in [0.25, 0.3) is 0 Å². The number of fused-ring (bicyclic) bond motifs is 1. The molecule has 3 nitrogen and oxygen atoms in total. The highest BCUT2D eigenvalue weighted by atomic mass is 79.9. The van der Waals surface area contributed by atoms with Crippen LogP contribution < -0.4 is 0 Å². The third kappa shape index (κ3) is 1.83. The summed E-state index contributed by atoms with van der Waals surface area (Å²) in [6.45, 7) is 0. The molecule has 2 heterocycles. The Hall–Kier alpha value is -1.65. The quantitative estimate of drug-likeness (QED) is 0.785. The maximum Gasteiger partial charge on any atom is 0.150 e. The van der Waals surface area contributed by atoms with Gasteiger partial charge in [0, 0.05) is 17.8 Å². The van der Waals surface area contributed by atoms with Crippen LogP contribution in [0.5, 0.6) is 0 Å². The molecule has 0 saturated heterocycles. The number of benzene rings is 1. The van der Waals surface area contributed by atoms with E-state index < -0.39 is 6.10 Å². The second-order valence-corrected chi connectivity index (χ2v) is 4.83. The van der Waals surface area contributed by atoms with Gasteiger partial charge in [-0.05, 0) is 39.0 Å². The summed E-state index contributed by atoms with van der Waals surface area (Å²) in [5.41, 5.74) is 0.788. The number of nitrogens with zero attached hydrogens (tertiary/aromatic N) is 1. The van der Waals surface area contributed by atoms with Crippen LogP contribution >= 0.6 is 15.9 Å². The molecule has 3 aromatic rings. The summed E-state index contributed by atoms with van der Waals surface area (Å²) in [4.78, 5) is 4.11. The minimum absolute atomic E-state index is 0.506. The fraction of sp³-hybridized carbons (Fsp3) is 0.0714. The number of halogens is 1. The average Bonchev–Trinajstić information content (AvgIpc) is 2.83. The predicted molar refractivity (Wildman–Crippen MR) is 72.2 cm³/mol. The molecule has 0 aliphatic rings. The normalized spacial score (nSPS) is 12.8. The molecule has 0 amide bonds. The van der Waals surface area contributed by atoms with E-state index in [1.165, 1.54) is 0 Å². The van der Waals surface area contributed by atoms with E-state index >= 15 is 0 Å². The Morgan fingerprint density at radius 2 is 2.11 bits per heavy atom. The van der Waals surface area contributed by atoms with Gasteiger partial charge >= 0.3 is 0 Å². The number of aliphatic hydroxyl groups is 1. The van der Waals surface area contributed by atoms with Crippen LogP contribution in [-0.2, 0) is 0 Å². The number of hydrogen-bond acceptors (Lipinski definition) is 3. The molecule has 0 bridgehead atoms. The molecular weight excluding hydrogens is 294 g/mol. The molecule has 0 aliphatic heterocycles. The monoisotopic (exact) mass is 303 g/mol. The summed E-state index contributed by atoms with van der Waals surface area (Å²) in [5.74, 6) is 0.506. The van der Waals surface area contributed by atoms with Crippen LogP contribution in [0.2, 0.25) is 0 Å². The molecule has 1 atom stereocenters. The van der Waals surface area contributed by atoms with E-state index in [9.17, 15) is 5.11 Å². The Morgan fingerprint density at radius 3 is 2.89 bits per heavy atom. The van der Waals surface area contributed by atoms with Gasteiger partial charge in [-0.1, -0.05) is 18.2 Å². The zero-order chi connectivity index (χ0) is 12.5. The molecule has 1 unspecified atom stereocenters. The van der Waals surface area contributed by atoms with Crippen LogP contribution in [0.25, 0.3) is 10.8 Å². The molecule has 3 rings (SSSR count). The zero-order valence-electron chi connectivity index (χ0n) is 9.38. The molecule has 18 heavy (non-hydrogen) atoms. The summed E-state index contributed by atoms with van der Waals surface area (Å²) in [6, 6.07) is 9.47. The minimum Gasteiger partial charge on any atom is -0.465 e. The summed E-state index contributed by atoms with van der Waals surface area (Å²) >= 11 is 3.36. The van der Waals surface area contributed by atoms with Gasteiger partial charge in [-0.15, -0.1) is 0 Å². The molecule has 0 spiro atoms. The molecule has 0 aliphatic carbocycles. The number of furan rings is 1. The van der Waals surface area contributed by atoms with Crippen molar-refractivity contribution in [1.82, 2.24) is 4.98 Å². The van der Waals surface area contributed by atoms with Crippen molar-refractivity contribution in [1.29, 1.82) is 0 Å². The first-order chi connectivity index (χ1) is 8.77. The highest BCUT2D eigenvalue weighted by Gasteiger charge is 2.19. The average molecular weight is 304 g/mol. The molecular formula is C14H10BrNO2. The maximum atomic E-state index is 10.4. The number of hydrogen-bond donors (Lipinski definition) is 1. The zero-order valence-corrected chi connectivity index (χ0v) is 11.0. The number of aliphatic hydroxyl groups excluding tert-OH is 1. The number of pyridine rings is 1. The first kappa shape index (κ1) is 11.4. The fourth-order valence-electron chi connectivity index (χ4n) is 2.02. The Labute approximate surface area is 112 Å². The van der Waals surface area contributed by atoms with E-state index in [1.54, 1.807) is 24.7 Å². The van der Waals surface area contributed by atoms with Gasteiger partial charge in [0.2, 0.25) is 0 Å². The molecule has 0 radical (unpaired) electrons. The van der Waals surface area contributed by atoms with E-state index in [0.29, 0.717) is 5.76 Å². The van der Waals surface area contributed by atoms with E-state index in [0.717, 1.165) is 20.8 Å². The van der Waals surface area contributed by atoms with Crippen LogP contribution in [0.15, 0.2) is 57.9 Å². The summed E-state index contributed by atoms with van der Waals surface area (Å²) in [5, 5.41) is 12.4. The third-order valence-corrected chi connectivity index (χ3v) is 3.56. The lowest BCUT2D eigenvalue weighted by molar-refractivity contribution is 0.189. The van der Waals surface area contributed by atoms with Crippen molar-refractivity contribution < 1.29 is 9.52 Å². The molecule has 0 saturated carbocycles. The minimum atomic E-state index is -0.803. The fourth-order valence-corrected chi connectivity index (χ4v) is 2.44. The van der Waals surface area contributed by atoms with Crippen molar-refractivity contribution in [3.05, 3.63) is 64.8 Å². The van der Waals surface area contributed by atoms with E-state index in [2.05, 4.69) is 20.9 Å². The van der Waals surface area contributed by atoms with Crippen LogP contribution in [0.1, 0.15) is 17.4 Å². The SMILES string of the molecule is OC(c1occc1Br)c1cccc2ccncc12. The highest BCUT2D eigenvalue weighted by molar-refractivity contribution is 9.10. The van der Waals surface area contributed by atoms with Gasteiger partial charge < -0.3 is 9.52 Å². The summed E-state index contributed by atoms with van der Waals surface area (Å²) < 4.78 is 6.07. The lowest BCUT2D eigenvalue weighted by Crippen LogP contribution is -2.00. The Morgan fingerprint density at radius 1 is 1.22 bits per heavy atom. The van der Waals surface area contributed by atoms with Crippen LogP contribution in [0.3, 0.4) is 0 Å². The van der Waals surface area contributed by atoms with Gasteiger partial charge in [0.15, 0.2) is 5.76 Å². The first-order valence-corrected chi connectivity index (χ1v) is 6.30. The standard InChI is InChI=1S/C14H10BrNO2/c15-12-5-7-18-14(12)13(17)10-3-1-2-9-4-6-16-8-11(9)10/h1-8,13,17H. The lowest BCUT2D eigenvalue weighted by atomic mass is 10.0. The van der Waals surface area contributed by atoms with Crippen molar-refractivity contribution in [2.45, 2.75) is 6.10 Å². The molecule has 4 heteroatoms. The van der Waals surface area contributed by atoms with Crippen molar-refractivity contribution >= 4 is 26.7 Å². The molecule has 0 fully saturated rings.